The molecular formula is C21H40F3O2P. The third-order valence-corrected chi connectivity index (χ3v) is 11.9. The van der Waals surface area contributed by atoms with Gasteiger partial charge < -0.3 is 0 Å². The van der Waals surface area contributed by atoms with Crippen molar-refractivity contribution in [1.29, 1.82) is 0 Å². The van der Waals surface area contributed by atoms with E-state index < -0.39 is 25.2 Å². The SMILES string of the molecule is C=C(CC(=O)C(F)(F)F)OP(CCCC)(CCCC)(CCCC)CCCC. The second kappa shape index (κ2) is 12.1. The van der Waals surface area contributed by atoms with Crippen molar-refractivity contribution in [3.63, 3.8) is 0 Å². The molecule has 27 heavy (non-hydrogen) atoms. The van der Waals surface area contributed by atoms with Crippen LogP contribution in [0.3, 0.4) is 0 Å². The van der Waals surface area contributed by atoms with Gasteiger partial charge in [-0.15, -0.1) is 0 Å². The summed E-state index contributed by atoms with van der Waals surface area (Å²) in [5, 5.41) is 0. The van der Waals surface area contributed by atoms with E-state index in [9.17, 15) is 18.0 Å². The first-order chi connectivity index (χ1) is 12.6. The topological polar surface area (TPSA) is 26.3 Å². The number of halogens is 3. The number of rotatable bonds is 16. The number of hydrogen-bond donors (Lipinski definition) is 0. The van der Waals surface area contributed by atoms with Gasteiger partial charge in [0.2, 0.25) is 0 Å². The normalized spacial score (nSPS) is 13.8. The second-order valence-electron chi connectivity index (χ2n) is 7.89. The van der Waals surface area contributed by atoms with Crippen LogP contribution in [-0.2, 0) is 9.32 Å². The molecule has 0 unspecified atom stereocenters. The van der Waals surface area contributed by atoms with Crippen LogP contribution in [0.25, 0.3) is 0 Å². The molecule has 6 heteroatoms. The van der Waals surface area contributed by atoms with Crippen molar-refractivity contribution in [3.05, 3.63) is 12.3 Å². The van der Waals surface area contributed by atoms with E-state index >= 15 is 0 Å². The van der Waals surface area contributed by atoms with Gasteiger partial charge >= 0.3 is 164 Å². The molecule has 0 atom stereocenters. The van der Waals surface area contributed by atoms with Crippen LogP contribution in [-0.4, -0.2) is 36.6 Å². The molecule has 0 aromatic heterocycles. The maximum atomic E-state index is 12.7. The van der Waals surface area contributed by atoms with Gasteiger partial charge in [0.1, 0.15) is 0 Å². The first-order valence-electron chi connectivity index (χ1n) is 10.6. The molecule has 0 aromatic rings. The summed E-state index contributed by atoms with van der Waals surface area (Å²) in [6, 6.07) is 0. The van der Waals surface area contributed by atoms with E-state index in [0.29, 0.717) is 0 Å². The van der Waals surface area contributed by atoms with Gasteiger partial charge in [0, 0.05) is 0 Å². The number of Topliss-reactive ketones (excluding diaryl/α,β-unsaturated/α-hetero) is 1. The molecule has 0 saturated carbocycles. The quantitative estimate of drug-likeness (QED) is 0.192. The molecule has 2 nitrogen and oxygen atoms in total. The van der Waals surface area contributed by atoms with Crippen molar-refractivity contribution in [1.82, 2.24) is 0 Å². The molecule has 0 aliphatic carbocycles. The molecule has 0 N–H and O–H groups in total. The third kappa shape index (κ3) is 8.98. The van der Waals surface area contributed by atoms with Crippen LogP contribution in [0.2, 0.25) is 0 Å². The van der Waals surface area contributed by atoms with Crippen molar-refractivity contribution >= 4 is 12.6 Å². The minimum absolute atomic E-state index is 0.0226. The Morgan fingerprint density at radius 2 is 1.15 bits per heavy atom. The number of ketones is 1. The van der Waals surface area contributed by atoms with Gasteiger partial charge in [0.25, 0.3) is 0 Å². The van der Waals surface area contributed by atoms with Crippen molar-refractivity contribution in [3.8, 4) is 0 Å². The fraction of sp³-hybridized carbons (Fsp3) is 0.857. The first-order valence-corrected chi connectivity index (χ1v) is 13.5. The number of alkyl halides is 3. The van der Waals surface area contributed by atoms with Gasteiger partial charge in [-0.3, -0.25) is 0 Å². The maximum absolute atomic E-state index is 12.7. The molecule has 0 aromatic carbocycles. The van der Waals surface area contributed by atoms with Gasteiger partial charge in [-0.25, -0.2) is 0 Å². The van der Waals surface area contributed by atoms with E-state index in [2.05, 4.69) is 34.3 Å². The van der Waals surface area contributed by atoms with Crippen molar-refractivity contribution < 1.29 is 22.5 Å². The summed E-state index contributed by atoms with van der Waals surface area (Å²) >= 11 is 0. The van der Waals surface area contributed by atoms with Crippen LogP contribution < -0.4 is 0 Å². The zero-order chi connectivity index (χ0) is 21.0. The molecule has 0 rings (SSSR count). The average molecular weight is 413 g/mol. The predicted molar refractivity (Wildman–Crippen MR) is 112 cm³/mol. The standard InChI is InChI=1S/C21H40F3O2P/c1-6-10-14-27(15-11-7-2,16-12-8-3,17-13-9-4)26-19(5)18-20(25)21(22,23)24/h5-18H2,1-4H3. The van der Waals surface area contributed by atoms with Crippen molar-refractivity contribution in [2.45, 2.75) is 91.7 Å². The van der Waals surface area contributed by atoms with Gasteiger partial charge in [0.15, 0.2) is 0 Å². The number of allylic oxidation sites excluding steroid dienone is 1. The molecular weight excluding hydrogens is 372 g/mol. The molecule has 0 amide bonds. The average Bonchev–Trinajstić information content (AvgIpc) is 2.61. The number of carbonyl (C=O) groups is 1. The molecule has 162 valence electrons. The van der Waals surface area contributed by atoms with Crippen LogP contribution in [0.5, 0.6) is 0 Å². The summed E-state index contributed by atoms with van der Waals surface area (Å²) in [6.45, 7) is 9.55. The Bertz CT molecular complexity index is 417. The Morgan fingerprint density at radius 1 is 0.815 bits per heavy atom. The van der Waals surface area contributed by atoms with Gasteiger partial charge in [0.05, 0.1) is 0 Å². The van der Waals surface area contributed by atoms with E-state index in [-0.39, 0.29) is 5.76 Å². The van der Waals surface area contributed by atoms with Crippen LogP contribution in [0, 0.1) is 0 Å². The molecule has 0 fully saturated rings. The Hall–Kier alpha value is -0.570. The van der Waals surface area contributed by atoms with Crippen LogP contribution in [0.4, 0.5) is 13.2 Å². The fourth-order valence-corrected chi connectivity index (χ4v) is 10.7. The van der Waals surface area contributed by atoms with Gasteiger partial charge in [-0.1, -0.05) is 0 Å². The van der Waals surface area contributed by atoms with E-state index in [0.717, 1.165) is 76.0 Å². The zero-order valence-electron chi connectivity index (χ0n) is 17.8. The van der Waals surface area contributed by atoms with E-state index in [1.54, 1.807) is 0 Å². The molecule has 0 bridgehead atoms. The Labute approximate surface area is 164 Å². The first kappa shape index (κ1) is 26.4. The second-order valence-corrected chi connectivity index (χ2v) is 13.6. The summed E-state index contributed by atoms with van der Waals surface area (Å²) < 4.78 is 44.7. The summed E-state index contributed by atoms with van der Waals surface area (Å²) in [6.07, 6.45) is 6.29. The Kier molecular flexibility index (Phi) is 11.8. The van der Waals surface area contributed by atoms with Crippen LogP contribution in [0.1, 0.15) is 85.5 Å². The van der Waals surface area contributed by atoms with Crippen molar-refractivity contribution in [2.75, 3.05) is 24.6 Å². The number of hydrogen-bond acceptors (Lipinski definition) is 2. The minimum atomic E-state index is -4.83. The molecule has 0 radical (unpaired) electrons. The van der Waals surface area contributed by atoms with Gasteiger partial charge in [-0.2, -0.15) is 0 Å². The predicted octanol–water partition coefficient (Wildman–Crippen LogP) is 7.71. The summed E-state index contributed by atoms with van der Waals surface area (Å²) in [5.74, 6) is -1.74. The monoisotopic (exact) mass is 412 g/mol. The molecule has 0 aliphatic rings. The molecule has 0 spiro atoms. The number of carbonyl (C=O) groups excluding carboxylic acids is 1. The van der Waals surface area contributed by atoms with Gasteiger partial charge in [-0.05, 0) is 0 Å². The van der Waals surface area contributed by atoms with Crippen LogP contribution in [0.15, 0.2) is 12.3 Å². The molecule has 0 aliphatic heterocycles. The summed E-state index contributed by atoms with van der Waals surface area (Å²) in [7, 11) is 0. The Morgan fingerprint density at radius 3 is 1.41 bits per heavy atom. The van der Waals surface area contributed by atoms with Crippen molar-refractivity contribution in [2.24, 2.45) is 0 Å². The van der Waals surface area contributed by atoms with Crippen LogP contribution >= 0.6 is 6.83 Å². The fourth-order valence-electron chi connectivity index (χ4n) is 3.76. The molecule has 0 saturated heterocycles. The third-order valence-electron chi connectivity index (χ3n) is 5.37. The van der Waals surface area contributed by atoms with E-state index in [4.69, 9.17) is 4.52 Å². The Balaban J connectivity index is 5.81. The zero-order valence-corrected chi connectivity index (χ0v) is 18.7. The molecule has 0 heterocycles. The van der Waals surface area contributed by atoms with E-state index in [1.165, 1.54) is 0 Å². The summed E-state index contributed by atoms with van der Waals surface area (Å²) in [5.41, 5.74) is 0. The van der Waals surface area contributed by atoms with E-state index in [1.807, 2.05) is 0 Å². The number of unbranched alkanes of at least 4 members (excludes halogenated alkanes) is 4. The summed E-state index contributed by atoms with van der Waals surface area (Å²) in [4.78, 5) is 11.5.